The van der Waals surface area contributed by atoms with E-state index in [1.54, 1.807) is 0 Å². The van der Waals surface area contributed by atoms with E-state index in [-0.39, 0.29) is 101 Å². The van der Waals surface area contributed by atoms with Gasteiger partial charge in [-0.15, -0.1) is 0 Å². The Morgan fingerprint density at radius 2 is 1.00 bits per heavy atom. The number of hydrogen-bond acceptors (Lipinski definition) is 0. The van der Waals surface area contributed by atoms with Gasteiger partial charge >= 0.3 is 106 Å². The van der Waals surface area contributed by atoms with E-state index in [1.807, 2.05) is 0 Å². The van der Waals surface area contributed by atoms with E-state index in [1.165, 1.54) is 0 Å². The van der Waals surface area contributed by atoms with E-state index in [2.05, 4.69) is 0 Å². The van der Waals surface area contributed by atoms with Crippen molar-refractivity contribution in [3.8, 4) is 0 Å². The van der Waals surface area contributed by atoms with E-state index < -0.39 is 7.25 Å². The number of halogens is 4. The van der Waals surface area contributed by atoms with E-state index >= 15 is 0 Å². The van der Waals surface area contributed by atoms with Gasteiger partial charge in [-0.05, 0) is 0 Å². The summed E-state index contributed by atoms with van der Waals surface area (Å²) < 4.78 is 39.0. The summed E-state index contributed by atoms with van der Waals surface area (Å²) in [5.74, 6) is 0. The zero-order valence-electron chi connectivity index (χ0n) is 6.09. The van der Waals surface area contributed by atoms with Gasteiger partial charge in [0.05, 0.1) is 0 Å². The van der Waals surface area contributed by atoms with Crippen molar-refractivity contribution in [1.29, 1.82) is 0 Å². The van der Waals surface area contributed by atoms with Crippen LogP contribution in [0.5, 0.6) is 0 Å². The summed E-state index contributed by atoms with van der Waals surface area (Å²) in [6, 6.07) is 0. The zero-order chi connectivity index (χ0) is 4.50. The maximum Gasteiger partial charge on any atom is 1.00 e. The van der Waals surface area contributed by atoms with Gasteiger partial charge in [-0.1, -0.05) is 0 Å². The van der Waals surface area contributed by atoms with Crippen LogP contribution in [-0.4, -0.2) is 7.25 Å². The third kappa shape index (κ3) is 51.3. The van der Waals surface area contributed by atoms with Crippen molar-refractivity contribution < 1.29 is 119 Å². The molecule has 0 aliphatic rings. The quantitative estimate of drug-likeness (QED) is 0.298. The van der Waals surface area contributed by atoms with Crippen LogP contribution in [0.15, 0.2) is 0 Å². The van der Waals surface area contributed by atoms with E-state index in [4.69, 9.17) is 0 Å². The molecule has 36 valence electrons. The first-order valence-corrected chi connectivity index (χ1v) is 0.873. The van der Waals surface area contributed by atoms with Gasteiger partial charge in [0.25, 0.3) is 0 Å². The van der Waals surface area contributed by atoms with Crippen LogP contribution >= 0.6 is 0 Å². The fraction of sp³-hybridized carbons (Fsp3) is 0. The molecule has 0 bridgehead atoms. The molecule has 0 saturated heterocycles. The Kier molecular flexibility index (Phi) is 16.3. The Labute approximate surface area is 123 Å². The molecule has 0 aromatic rings. The molecule has 7 heavy (non-hydrogen) atoms. The minimum atomic E-state index is -6.00. The molecule has 0 aromatic carbocycles. The van der Waals surface area contributed by atoms with Gasteiger partial charge < -0.3 is 20.1 Å². The molecule has 0 rings (SSSR count). The molecule has 0 radical (unpaired) electrons. The Hall–Kier alpha value is 2.84. The van der Waals surface area contributed by atoms with Crippen molar-refractivity contribution in [2.75, 3.05) is 0 Å². The van der Waals surface area contributed by atoms with E-state index in [0.29, 0.717) is 0 Å². The molecule has 7 heteroatoms. The van der Waals surface area contributed by atoms with E-state index in [9.17, 15) is 17.3 Å². The van der Waals surface area contributed by atoms with Crippen molar-refractivity contribution >= 4 is 7.25 Å². The van der Waals surface area contributed by atoms with Gasteiger partial charge in [-0.2, -0.15) is 0 Å². The van der Waals surface area contributed by atoms with Gasteiger partial charge in [-0.3, -0.25) is 0 Å². The van der Waals surface area contributed by atoms with Crippen LogP contribution in [0.4, 0.5) is 17.3 Å². The first-order valence-electron chi connectivity index (χ1n) is 0.873. The number of rotatable bonds is 0. The Morgan fingerprint density at radius 3 is 1.00 bits per heavy atom. The van der Waals surface area contributed by atoms with Gasteiger partial charge in [-0.25, -0.2) is 0 Å². The van der Waals surface area contributed by atoms with Crippen LogP contribution in [0.3, 0.4) is 0 Å². The van der Waals surface area contributed by atoms with Crippen LogP contribution < -0.4 is 98.5 Å². The summed E-state index contributed by atoms with van der Waals surface area (Å²) >= 11 is 0. The normalized spacial score (nSPS) is 8.57. The molecule has 0 unspecified atom stereocenters. The Bertz CT molecular complexity index is 34.0. The third-order valence-electron chi connectivity index (χ3n) is 0. The summed E-state index contributed by atoms with van der Waals surface area (Å²) in [7, 11) is -6.00. The molecule has 0 aromatic heterocycles. The van der Waals surface area contributed by atoms with E-state index in [0.717, 1.165) is 0 Å². The molecule has 0 aliphatic heterocycles. The van der Waals surface area contributed by atoms with Crippen molar-refractivity contribution in [3.05, 3.63) is 0 Å². The predicted octanol–water partition coefficient (Wildman–Crippen LogP) is -4.47. The largest absolute Gasteiger partial charge is 1.00 e. The fourth-order valence-corrected chi connectivity index (χ4v) is 0. The molecular formula is H2BCsF4Na-. The molecule has 0 heterocycles. The van der Waals surface area contributed by atoms with Gasteiger partial charge in [0.15, 0.2) is 0 Å². The third-order valence-corrected chi connectivity index (χ3v) is 0. The van der Waals surface area contributed by atoms with Crippen molar-refractivity contribution in [2.45, 2.75) is 0 Å². The predicted molar refractivity (Wildman–Crippen MR) is 12.4 cm³/mol. The Balaban J connectivity index is -0.0000000133. The Morgan fingerprint density at radius 1 is 1.00 bits per heavy atom. The van der Waals surface area contributed by atoms with Crippen molar-refractivity contribution in [3.63, 3.8) is 0 Å². The van der Waals surface area contributed by atoms with Crippen LogP contribution in [0.2, 0.25) is 0 Å². The second-order valence-electron chi connectivity index (χ2n) is 0.495. The van der Waals surface area contributed by atoms with Crippen LogP contribution in [-0.2, 0) is 0 Å². The standard InChI is InChI=1S/BF4.Cs.Na.2H/c2-1(3,4)5;;;;/q-1;2*+1;2*-1. The average Bonchev–Trinajstić information content (AvgIpc) is 0.722. The minimum absolute atomic E-state index is 0. The molecule has 0 aliphatic carbocycles. The molecule has 0 saturated carbocycles. The number of hydrogen-bond donors (Lipinski definition) is 0. The van der Waals surface area contributed by atoms with Gasteiger partial charge in [0.1, 0.15) is 0 Å². The van der Waals surface area contributed by atoms with Crippen LogP contribution in [0.25, 0.3) is 0 Å². The second kappa shape index (κ2) is 6.95. The summed E-state index contributed by atoms with van der Waals surface area (Å²) in [6.45, 7) is 0. The molecule has 0 N–H and O–H groups in total. The first-order chi connectivity index (χ1) is 2.00. The first kappa shape index (κ1) is 16.4. The minimum Gasteiger partial charge on any atom is -1.00 e. The monoisotopic (exact) mass is 245 g/mol. The summed E-state index contributed by atoms with van der Waals surface area (Å²) in [6.07, 6.45) is 0. The SMILES string of the molecule is F[B-](F)(F)F.[Cs+].[H-].[H-].[Na+]. The molecule has 0 amide bonds. The molecule has 0 nitrogen and oxygen atoms in total. The smallest absolute Gasteiger partial charge is 1.00 e. The summed E-state index contributed by atoms with van der Waals surface area (Å²) in [5, 5.41) is 0. The average molecular weight is 245 g/mol. The van der Waals surface area contributed by atoms with Crippen LogP contribution in [0.1, 0.15) is 2.85 Å². The molecule has 0 fully saturated rings. The summed E-state index contributed by atoms with van der Waals surface area (Å²) in [5.41, 5.74) is 0. The molecule has 0 atom stereocenters. The van der Waals surface area contributed by atoms with Crippen molar-refractivity contribution in [2.24, 2.45) is 0 Å². The van der Waals surface area contributed by atoms with Crippen molar-refractivity contribution in [1.82, 2.24) is 0 Å². The van der Waals surface area contributed by atoms with Crippen LogP contribution in [0, 0.1) is 0 Å². The van der Waals surface area contributed by atoms with Gasteiger partial charge in [0, 0.05) is 0 Å². The molecule has 0 spiro atoms. The fourth-order valence-electron chi connectivity index (χ4n) is 0. The van der Waals surface area contributed by atoms with Gasteiger partial charge in [0.2, 0.25) is 0 Å². The maximum absolute atomic E-state index is 9.75. The summed E-state index contributed by atoms with van der Waals surface area (Å²) in [4.78, 5) is 0. The molecular weight excluding hydrogens is 243 g/mol. The zero-order valence-corrected chi connectivity index (χ0v) is 12.4. The topological polar surface area (TPSA) is 0 Å². The second-order valence-corrected chi connectivity index (χ2v) is 0.495. The maximum atomic E-state index is 9.75.